The summed E-state index contributed by atoms with van der Waals surface area (Å²) in [5, 5.41) is 15.6. The molecule has 3 aromatic carbocycles. The minimum Gasteiger partial charge on any atom is -0.226 e. The van der Waals surface area contributed by atoms with Crippen molar-refractivity contribution in [2.45, 2.75) is 0 Å². The molecule has 0 N–H and O–H groups in total. The van der Waals surface area contributed by atoms with Crippen LogP contribution in [0.1, 0.15) is 0 Å². The first-order valence-electron chi connectivity index (χ1n) is 9.27. The third-order valence-corrected chi connectivity index (χ3v) is 4.93. The molecule has 0 aliphatic rings. The van der Waals surface area contributed by atoms with Crippen LogP contribution in [0.3, 0.4) is 0 Å². The topological polar surface area (TPSA) is 56.3 Å². The van der Waals surface area contributed by atoms with E-state index in [0.29, 0.717) is 0 Å². The first kappa shape index (κ1) is 26.3. The van der Waals surface area contributed by atoms with Gasteiger partial charge in [0.15, 0.2) is 40.7 Å². The molecule has 0 amide bonds. The Morgan fingerprint density at radius 1 is 0.568 bits per heavy atom. The van der Waals surface area contributed by atoms with Crippen LogP contribution in [-0.2, 0) is 0 Å². The fourth-order valence-corrected chi connectivity index (χ4v) is 3.39. The van der Waals surface area contributed by atoms with Gasteiger partial charge in [0.05, 0.1) is 25.3 Å². The highest BCUT2D eigenvalue weighted by Gasteiger charge is 2.29. The lowest BCUT2D eigenvalue weighted by molar-refractivity contribution is 0.410. The molecule has 0 aliphatic heterocycles. The van der Waals surface area contributed by atoms with Crippen LogP contribution in [0, 0.1) is 88.2 Å². The minimum atomic E-state index is -2.50. The van der Waals surface area contributed by atoms with Crippen molar-refractivity contribution < 1.29 is 39.5 Å². The van der Waals surface area contributed by atoms with Crippen LogP contribution in [-0.4, -0.2) is 0 Å². The molecule has 0 atom stereocenters. The molecule has 0 bridgehead atoms. The minimum absolute atomic E-state index is 0.129. The van der Waals surface area contributed by atoms with Crippen LogP contribution in [0.5, 0.6) is 0 Å². The van der Waals surface area contributed by atoms with E-state index in [4.69, 9.17) is 13.1 Å². The Morgan fingerprint density at radius 2 is 1.00 bits per heavy atom. The molecular weight excluding hydrogens is 515 g/mol. The number of nitriles is 2. The third kappa shape index (κ3) is 4.09. The molecule has 37 heavy (non-hydrogen) atoms. The third-order valence-electron chi connectivity index (χ3n) is 4.93. The normalized spacial score (nSPS) is 12.1. The van der Waals surface area contributed by atoms with E-state index in [1.54, 1.807) is 0 Å². The van der Waals surface area contributed by atoms with E-state index in [9.17, 15) is 41.3 Å². The number of rotatable bonds is 2. The molecule has 0 fully saturated rings. The largest absolute Gasteiger partial charge is 0.272 e. The highest BCUT2D eigenvalue weighted by atomic mass is 19.2. The molecule has 3 aromatic rings. The Bertz CT molecular complexity index is 1760. The van der Waals surface area contributed by atoms with Gasteiger partial charge in [-0.3, -0.25) is 0 Å². The van der Waals surface area contributed by atoms with Gasteiger partial charge in [-0.2, -0.15) is 0 Å². The van der Waals surface area contributed by atoms with Gasteiger partial charge >= 0.3 is 0 Å². The Hall–Kier alpha value is -5.27. The van der Waals surface area contributed by atoms with E-state index >= 15 is 8.78 Å². The summed E-state index contributed by atoms with van der Waals surface area (Å²) < 4.78 is 129. The van der Waals surface area contributed by atoms with Crippen molar-refractivity contribution in [3.05, 3.63) is 104 Å². The van der Waals surface area contributed by atoms with Crippen LogP contribution < -0.4 is 10.4 Å². The van der Waals surface area contributed by atoms with Crippen molar-refractivity contribution in [2.24, 2.45) is 0 Å². The van der Waals surface area contributed by atoms with Crippen molar-refractivity contribution in [3.8, 4) is 34.4 Å². The predicted molar refractivity (Wildman–Crippen MR) is 107 cm³/mol. The molecule has 182 valence electrons. The molecule has 0 heterocycles. The molecule has 0 aromatic heterocycles. The van der Waals surface area contributed by atoms with E-state index < -0.39 is 96.4 Å². The summed E-state index contributed by atoms with van der Waals surface area (Å²) in [5.74, 6) is -19.2. The zero-order valence-corrected chi connectivity index (χ0v) is 17.4. The summed E-state index contributed by atoms with van der Waals surface area (Å²) in [7, 11) is 0. The number of hydrogen-bond donors (Lipinski definition) is 0. The first-order chi connectivity index (χ1) is 17.4. The van der Waals surface area contributed by atoms with E-state index in [-0.39, 0.29) is 18.2 Å². The highest BCUT2D eigenvalue weighted by Crippen LogP contribution is 2.31. The van der Waals surface area contributed by atoms with E-state index in [1.807, 2.05) is 0 Å². The van der Waals surface area contributed by atoms with Crippen LogP contribution in [0.15, 0.2) is 18.2 Å². The summed E-state index contributed by atoms with van der Waals surface area (Å²) in [5.41, 5.74) is -8.25. The first-order valence-corrected chi connectivity index (χ1v) is 9.27. The Balaban J connectivity index is 2.87. The molecule has 0 saturated heterocycles. The smallest absolute Gasteiger partial charge is 0.226 e. The van der Waals surface area contributed by atoms with Crippen LogP contribution >= 0.6 is 0 Å². The number of hydrogen-bond acceptors (Lipinski definition) is 2. The number of nitrogens with zero attached hydrogens (tertiary/aromatic N) is 4. The van der Waals surface area contributed by atoms with Gasteiger partial charge < -0.3 is 0 Å². The van der Waals surface area contributed by atoms with Crippen molar-refractivity contribution in [2.75, 3.05) is 0 Å². The lowest BCUT2D eigenvalue weighted by atomic mass is 9.92. The van der Waals surface area contributed by atoms with Crippen LogP contribution in [0.4, 0.5) is 39.5 Å². The maximum Gasteiger partial charge on any atom is 0.272 e. The quantitative estimate of drug-likeness (QED) is 0.198. The average Bonchev–Trinajstić information content (AvgIpc) is 2.87. The molecular formula is C24H3F9N4. The predicted octanol–water partition coefficient (Wildman–Crippen LogP) is 5.37. The second kappa shape index (κ2) is 9.77. The van der Waals surface area contributed by atoms with Gasteiger partial charge in [-0.25, -0.2) is 59.7 Å². The van der Waals surface area contributed by atoms with Crippen LogP contribution in [0.25, 0.3) is 43.3 Å². The molecule has 3 rings (SSSR count). The summed E-state index contributed by atoms with van der Waals surface area (Å²) in [6.45, 7) is 14.2. The monoisotopic (exact) mass is 518 g/mol. The molecule has 0 unspecified atom stereocenters. The Labute approximate surface area is 200 Å². The zero-order valence-electron chi connectivity index (χ0n) is 17.4. The lowest BCUT2D eigenvalue weighted by Crippen LogP contribution is -2.29. The summed E-state index contributed by atoms with van der Waals surface area (Å²) in [6, 6.07) is 2.39. The Morgan fingerprint density at radius 3 is 1.46 bits per heavy atom. The van der Waals surface area contributed by atoms with Gasteiger partial charge in [-0.1, -0.05) is 0 Å². The van der Waals surface area contributed by atoms with Gasteiger partial charge in [-0.05, 0) is 23.8 Å². The fraction of sp³-hybridized carbons (Fsp3) is 0. The van der Waals surface area contributed by atoms with E-state index in [1.165, 1.54) is 0 Å². The van der Waals surface area contributed by atoms with Crippen molar-refractivity contribution >= 4 is 11.4 Å². The SMILES string of the molecule is [C-]#[N+]/C(C#N)=c1\c(F)c(-c2cc(F)c(F)c(F)c2)/c(=C(/C#N)[N+]#[C-])c(F)c1-c1cc(F)c(F)c(F)c1F. The standard InChI is InChI=1S/C24H3F9N4/c1-36-13(6-34)17-15(8-3-10(25)20(29)11(26)4-8)22(31)18(14(7-35)37-2)16(23(17)32)9-5-12(27)21(30)24(33)19(9)28/h3-5H/b17-13+,18-14-. The second-order valence-corrected chi connectivity index (χ2v) is 6.87. The molecule has 4 nitrogen and oxygen atoms in total. The molecule has 13 heteroatoms. The van der Waals surface area contributed by atoms with E-state index in [2.05, 4.69) is 9.69 Å². The fourth-order valence-electron chi connectivity index (χ4n) is 3.39. The van der Waals surface area contributed by atoms with Crippen LogP contribution in [0.2, 0.25) is 0 Å². The van der Waals surface area contributed by atoms with Crippen molar-refractivity contribution in [1.29, 1.82) is 10.5 Å². The van der Waals surface area contributed by atoms with Crippen molar-refractivity contribution in [3.63, 3.8) is 0 Å². The van der Waals surface area contributed by atoms with Crippen molar-refractivity contribution in [1.82, 2.24) is 0 Å². The molecule has 0 saturated carbocycles. The second-order valence-electron chi connectivity index (χ2n) is 6.87. The van der Waals surface area contributed by atoms with Gasteiger partial charge in [0, 0.05) is 27.1 Å². The summed E-state index contributed by atoms with van der Waals surface area (Å²) in [6.07, 6.45) is 0. The maximum absolute atomic E-state index is 16.0. The molecule has 0 spiro atoms. The number of benzene rings is 3. The van der Waals surface area contributed by atoms with Gasteiger partial charge in [0.25, 0.3) is 11.4 Å². The lowest BCUT2D eigenvalue weighted by Gasteiger charge is -2.15. The van der Waals surface area contributed by atoms with Gasteiger partial charge in [0.1, 0.15) is 11.6 Å². The Kier molecular flexibility index (Phi) is 6.95. The number of halogens is 9. The summed E-state index contributed by atoms with van der Waals surface area (Å²) in [4.78, 5) is 5.28. The molecule has 0 radical (unpaired) electrons. The average molecular weight is 518 g/mol. The summed E-state index contributed by atoms with van der Waals surface area (Å²) >= 11 is 0. The van der Waals surface area contributed by atoms with E-state index in [0.717, 1.165) is 12.1 Å². The highest BCUT2D eigenvalue weighted by molar-refractivity contribution is 5.83. The van der Waals surface area contributed by atoms with Gasteiger partial charge in [-0.15, -0.1) is 0 Å². The molecule has 0 aliphatic carbocycles. The zero-order chi connectivity index (χ0) is 27.8. The van der Waals surface area contributed by atoms with Gasteiger partial charge in [0.2, 0.25) is 0 Å². The maximum atomic E-state index is 16.0.